The molecule has 0 radical (unpaired) electrons. The number of aromatic nitrogens is 2. The van der Waals surface area contributed by atoms with Crippen LogP contribution in [0, 0.1) is 5.92 Å². The maximum absolute atomic E-state index is 12.9. The molecule has 1 saturated heterocycles. The first-order valence-electron chi connectivity index (χ1n) is 10.00. The third-order valence-electron chi connectivity index (χ3n) is 5.50. The van der Waals surface area contributed by atoms with E-state index < -0.39 is 11.7 Å². The van der Waals surface area contributed by atoms with E-state index in [9.17, 15) is 18.0 Å². The van der Waals surface area contributed by atoms with Gasteiger partial charge in [-0.15, -0.1) is 0 Å². The van der Waals surface area contributed by atoms with Gasteiger partial charge in [0.1, 0.15) is 0 Å². The van der Waals surface area contributed by atoms with E-state index >= 15 is 0 Å². The van der Waals surface area contributed by atoms with Crippen LogP contribution in [-0.2, 0) is 12.7 Å². The molecule has 1 aromatic heterocycles. The van der Waals surface area contributed by atoms with E-state index in [4.69, 9.17) is 0 Å². The van der Waals surface area contributed by atoms with E-state index in [1.54, 1.807) is 6.07 Å². The van der Waals surface area contributed by atoms with Gasteiger partial charge in [0.15, 0.2) is 5.69 Å². The average molecular weight is 416 g/mol. The fourth-order valence-electron chi connectivity index (χ4n) is 4.02. The van der Waals surface area contributed by atoms with Gasteiger partial charge in [-0.25, -0.2) is 0 Å². The van der Waals surface area contributed by atoms with E-state index in [0.29, 0.717) is 24.3 Å². The third kappa shape index (κ3) is 4.64. The van der Waals surface area contributed by atoms with Gasteiger partial charge in [0.2, 0.25) is 0 Å². The molecule has 0 aliphatic carbocycles. The van der Waals surface area contributed by atoms with Crippen LogP contribution >= 0.6 is 0 Å². The highest BCUT2D eigenvalue weighted by Crippen LogP contribution is 2.30. The molecule has 1 aliphatic rings. The highest BCUT2D eigenvalue weighted by Gasteiger charge is 2.30. The molecule has 4 rings (SSSR count). The Kier molecular flexibility index (Phi) is 5.76. The van der Waals surface area contributed by atoms with Crippen molar-refractivity contribution in [2.75, 3.05) is 19.6 Å². The fraction of sp³-hybridized carbons (Fsp3) is 0.364. The van der Waals surface area contributed by atoms with Crippen LogP contribution in [0.15, 0.2) is 48.5 Å². The fourth-order valence-corrected chi connectivity index (χ4v) is 4.02. The van der Waals surface area contributed by atoms with E-state index in [2.05, 4.69) is 20.4 Å². The largest absolute Gasteiger partial charge is 0.416 e. The quantitative estimate of drug-likeness (QED) is 0.655. The zero-order valence-electron chi connectivity index (χ0n) is 16.4. The van der Waals surface area contributed by atoms with Gasteiger partial charge in [-0.1, -0.05) is 36.4 Å². The van der Waals surface area contributed by atoms with Crippen molar-refractivity contribution in [1.29, 1.82) is 0 Å². The lowest BCUT2D eigenvalue weighted by Crippen LogP contribution is -2.40. The number of halogens is 3. The highest BCUT2D eigenvalue weighted by molar-refractivity contribution is 6.04. The molecular weight excluding hydrogens is 393 g/mol. The number of carbonyl (C=O) groups excluding carboxylic acids is 1. The molecule has 1 aliphatic heterocycles. The first-order valence-corrected chi connectivity index (χ1v) is 10.00. The number of aromatic amines is 1. The SMILES string of the molecule is O=C(NC[C@@H]1CCCN(Cc2cccc(C(F)(F)F)c2)C1)c1n[nH]c2ccccc12. The number of amides is 1. The standard InChI is InChI=1S/C22H23F3N4O/c23-22(24,25)17-7-3-5-15(11-17)13-29-10-4-6-16(14-29)12-26-21(30)20-18-8-1-2-9-19(18)27-28-20/h1-3,5,7-9,11,16H,4,6,10,12-14H2,(H,26,30)(H,27,28)/t16-/m0/s1. The number of H-pyrrole nitrogens is 1. The molecule has 8 heteroatoms. The number of hydrogen-bond acceptors (Lipinski definition) is 3. The number of benzene rings is 2. The third-order valence-corrected chi connectivity index (χ3v) is 5.50. The van der Waals surface area contributed by atoms with Gasteiger partial charge in [0, 0.05) is 25.0 Å². The molecule has 3 aromatic rings. The van der Waals surface area contributed by atoms with Gasteiger partial charge in [-0.3, -0.25) is 14.8 Å². The number of nitrogens with one attached hydrogen (secondary N) is 2. The first kappa shape index (κ1) is 20.4. The van der Waals surface area contributed by atoms with Gasteiger partial charge in [0.05, 0.1) is 11.1 Å². The zero-order chi connectivity index (χ0) is 21.1. The normalized spacial score (nSPS) is 17.9. The van der Waals surface area contributed by atoms with E-state index in [1.807, 2.05) is 24.3 Å². The van der Waals surface area contributed by atoms with Crippen LogP contribution in [0.1, 0.15) is 34.5 Å². The molecule has 2 heterocycles. The number of nitrogens with zero attached hydrogens (tertiary/aromatic N) is 2. The molecule has 0 saturated carbocycles. The van der Waals surface area contributed by atoms with Crippen LogP contribution in [0.3, 0.4) is 0 Å². The van der Waals surface area contributed by atoms with Gasteiger partial charge in [0.25, 0.3) is 5.91 Å². The van der Waals surface area contributed by atoms with Crippen molar-refractivity contribution in [3.63, 3.8) is 0 Å². The monoisotopic (exact) mass is 416 g/mol. The Balaban J connectivity index is 1.34. The molecule has 0 spiro atoms. The van der Waals surface area contributed by atoms with Crippen LogP contribution in [0.5, 0.6) is 0 Å². The van der Waals surface area contributed by atoms with E-state index in [-0.39, 0.29) is 11.8 Å². The van der Waals surface area contributed by atoms with Gasteiger partial charge in [-0.2, -0.15) is 18.3 Å². The number of alkyl halides is 3. The summed E-state index contributed by atoms with van der Waals surface area (Å²) >= 11 is 0. The van der Waals surface area contributed by atoms with Gasteiger partial charge < -0.3 is 5.32 Å². The minimum Gasteiger partial charge on any atom is -0.350 e. The van der Waals surface area contributed by atoms with Gasteiger partial charge >= 0.3 is 6.18 Å². The van der Waals surface area contributed by atoms with Crippen molar-refractivity contribution in [2.45, 2.75) is 25.6 Å². The van der Waals surface area contributed by atoms with Crippen molar-refractivity contribution in [3.8, 4) is 0 Å². The summed E-state index contributed by atoms with van der Waals surface area (Å²) in [5.74, 6) is 0.0288. The molecule has 158 valence electrons. The number of hydrogen-bond donors (Lipinski definition) is 2. The van der Waals surface area contributed by atoms with E-state index in [0.717, 1.165) is 42.9 Å². The molecule has 1 amide bonds. The van der Waals surface area contributed by atoms with Gasteiger partial charge in [-0.05, 0) is 43.0 Å². The predicted octanol–water partition coefficient (Wildman–Crippen LogP) is 4.22. The summed E-state index contributed by atoms with van der Waals surface area (Å²) in [5, 5.41) is 10.7. The number of fused-ring (bicyclic) bond motifs is 1. The molecule has 0 bridgehead atoms. The van der Waals surface area contributed by atoms with E-state index in [1.165, 1.54) is 12.1 Å². The Hall–Kier alpha value is -2.87. The highest BCUT2D eigenvalue weighted by atomic mass is 19.4. The topological polar surface area (TPSA) is 61.0 Å². The van der Waals surface area contributed by atoms with Crippen LogP contribution in [0.2, 0.25) is 0 Å². The van der Waals surface area contributed by atoms with Crippen molar-refractivity contribution in [1.82, 2.24) is 20.4 Å². The lowest BCUT2D eigenvalue weighted by atomic mass is 9.97. The lowest BCUT2D eigenvalue weighted by Gasteiger charge is -2.33. The minimum atomic E-state index is -4.33. The number of para-hydroxylation sites is 1. The van der Waals surface area contributed by atoms with Crippen molar-refractivity contribution in [3.05, 3.63) is 65.4 Å². The maximum Gasteiger partial charge on any atom is 0.416 e. The van der Waals surface area contributed by atoms with Crippen molar-refractivity contribution in [2.24, 2.45) is 5.92 Å². The summed E-state index contributed by atoms with van der Waals surface area (Å²) in [4.78, 5) is 14.7. The Morgan fingerprint density at radius 2 is 2.03 bits per heavy atom. The van der Waals surface area contributed by atoms with Crippen LogP contribution in [0.25, 0.3) is 10.9 Å². The Morgan fingerprint density at radius 1 is 1.20 bits per heavy atom. The first-order chi connectivity index (χ1) is 14.4. The number of carbonyl (C=O) groups is 1. The summed E-state index contributed by atoms with van der Waals surface area (Å²) in [6, 6.07) is 12.9. The molecule has 2 N–H and O–H groups in total. The second-order valence-corrected chi connectivity index (χ2v) is 7.77. The number of rotatable bonds is 5. The maximum atomic E-state index is 12.9. The molecule has 5 nitrogen and oxygen atoms in total. The molecular formula is C22H23F3N4O. The Labute approximate surface area is 172 Å². The summed E-state index contributed by atoms with van der Waals surface area (Å²) < 4.78 is 38.8. The number of likely N-dealkylation sites (tertiary alicyclic amines) is 1. The Morgan fingerprint density at radius 3 is 2.87 bits per heavy atom. The second kappa shape index (κ2) is 8.47. The van der Waals surface area contributed by atoms with Crippen molar-refractivity contribution < 1.29 is 18.0 Å². The molecule has 1 fully saturated rings. The second-order valence-electron chi connectivity index (χ2n) is 7.77. The minimum absolute atomic E-state index is 0.220. The molecule has 2 aromatic carbocycles. The summed E-state index contributed by atoms with van der Waals surface area (Å²) in [7, 11) is 0. The predicted molar refractivity (Wildman–Crippen MR) is 108 cm³/mol. The molecule has 30 heavy (non-hydrogen) atoms. The van der Waals surface area contributed by atoms with Crippen molar-refractivity contribution >= 4 is 16.8 Å². The lowest BCUT2D eigenvalue weighted by molar-refractivity contribution is -0.137. The Bertz CT molecular complexity index is 1030. The summed E-state index contributed by atoms with van der Waals surface area (Å²) in [6.45, 7) is 2.56. The number of piperidine rings is 1. The van der Waals surface area contributed by atoms with Crippen LogP contribution < -0.4 is 5.32 Å². The van der Waals surface area contributed by atoms with Crippen LogP contribution in [-0.4, -0.2) is 40.6 Å². The average Bonchev–Trinajstić information content (AvgIpc) is 3.16. The molecule has 1 atom stereocenters. The molecule has 0 unspecified atom stereocenters. The zero-order valence-corrected chi connectivity index (χ0v) is 16.4. The summed E-state index contributed by atoms with van der Waals surface area (Å²) in [5.41, 5.74) is 1.22. The van der Waals surface area contributed by atoms with Crippen LogP contribution in [0.4, 0.5) is 13.2 Å². The summed E-state index contributed by atoms with van der Waals surface area (Å²) in [6.07, 6.45) is -2.41. The smallest absolute Gasteiger partial charge is 0.350 e.